The quantitative estimate of drug-likeness (QED) is 0.454. The molecule has 0 bridgehead atoms. The molecular weight excluding hydrogens is 432 g/mol. The number of nitrogens with zero attached hydrogens (tertiary/aromatic N) is 1. The molecule has 1 fully saturated rings. The molecule has 1 unspecified atom stereocenters. The van der Waals surface area contributed by atoms with E-state index in [1.54, 1.807) is 4.90 Å². The smallest absolute Gasteiger partial charge is 0.410 e. The highest BCUT2D eigenvalue weighted by molar-refractivity contribution is 7.09. The number of H-pyrrole nitrogens is 1. The van der Waals surface area contributed by atoms with Gasteiger partial charge < -0.3 is 24.2 Å². The van der Waals surface area contributed by atoms with Crippen LogP contribution in [0.25, 0.3) is 0 Å². The Balaban J connectivity index is 1.16. The second kappa shape index (κ2) is 10.2. The molecule has 1 amide bonds. The van der Waals surface area contributed by atoms with Crippen molar-refractivity contribution in [2.45, 2.75) is 18.9 Å². The van der Waals surface area contributed by atoms with Crippen molar-refractivity contribution >= 4 is 17.4 Å². The lowest BCUT2D eigenvalue weighted by Gasteiger charge is -2.13. The van der Waals surface area contributed by atoms with Crippen LogP contribution < -0.4 is 14.3 Å². The van der Waals surface area contributed by atoms with Crippen LogP contribution in [0.1, 0.15) is 16.9 Å². The molecular formula is C23H24N2O6S. The molecule has 0 radical (unpaired) electrons. The Kier molecular flexibility index (Phi) is 6.96. The van der Waals surface area contributed by atoms with Crippen LogP contribution in [0.5, 0.6) is 17.4 Å². The molecule has 1 aromatic heterocycles. The van der Waals surface area contributed by atoms with Crippen molar-refractivity contribution < 1.29 is 24.1 Å². The summed E-state index contributed by atoms with van der Waals surface area (Å²) in [5, 5.41) is 9.68. The average molecular weight is 457 g/mol. The molecule has 0 saturated carbocycles. The summed E-state index contributed by atoms with van der Waals surface area (Å²) in [6, 6.07) is 16.9. The number of thiazole rings is 1. The Hall–Kier alpha value is -3.46. The lowest BCUT2D eigenvalue weighted by atomic mass is 10.1. The molecule has 9 heteroatoms. The van der Waals surface area contributed by atoms with E-state index in [2.05, 4.69) is 4.98 Å². The van der Waals surface area contributed by atoms with E-state index in [-0.39, 0.29) is 23.0 Å². The van der Waals surface area contributed by atoms with Crippen LogP contribution >= 0.6 is 11.3 Å². The summed E-state index contributed by atoms with van der Waals surface area (Å²) < 4.78 is 16.8. The van der Waals surface area contributed by atoms with Crippen molar-refractivity contribution in [3.63, 3.8) is 0 Å². The third-order valence-corrected chi connectivity index (χ3v) is 5.83. The molecule has 2 heterocycles. The maximum atomic E-state index is 12.0. The summed E-state index contributed by atoms with van der Waals surface area (Å²) in [5.41, 5.74) is 0.964. The highest BCUT2D eigenvalue weighted by atomic mass is 32.1. The van der Waals surface area contributed by atoms with E-state index in [1.807, 2.05) is 54.6 Å². The summed E-state index contributed by atoms with van der Waals surface area (Å²) in [7, 11) is 0. The fraction of sp³-hybridized carbons (Fsp3) is 0.304. The number of rotatable bonds is 10. The molecule has 4 rings (SSSR count). The average Bonchev–Trinajstić information content (AvgIpc) is 3.31. The molecule has 3 aromatic rings. The predicted molar refractivity (Wildman–Crippen MR) is 120 cm³/mol. The molecule has 1 saturated heterocycles. The summed E-state index contributed by atoms with van der Waals surface area (Å²) in [6.45, 7) is 1.84. The number of carbonyl (C=O) groups is 1. The number of aromatic amines is 1. The van der Waals surface area contributed by atoms with Crippen molar-refractivity contribution in [3.05, 3.63) is 74.7 Å². The fourth-order valence-corrected chi connectivity index (χ4v) is 4.11. The second-order valence-electron chi connectivity index (χ2n) is 7.38. The van der Waals surface area contributed by atoms with Gasteiger partial charge in [-0.2, -0.15) is 0 Å². The van der Waals surface area contributed by atoms with Gasteiger partial charge in [0.25, 0.3) is 0 Å². The first-order valence-electron chi connectivity index (χ1n) is 10.3. The van der Waals surface area contributed by atoms with Crippen LogP contribution in [0.15, 0.2) is 59.4 Å². The topological polar surface area (TPSA) is 101 Å². The Morgan fingerprint density at radius 1 is 1.06 bits per heavy atom. The molecule has 168 valence electrons. The SMILES string of the molecule is O=C1OC(COc2ccccc2)CN1CCCOc1ccc(Cc2sc(=O)[nH]c2O)cc1. The maximum Gasteiger partial charge on any atom is 0.410 e. The number of para-hydroxylation sites is 1. The van der Waals surface area contributed by atoms with E-state index >= 15 is 0 Å². The van der Waals surface area contributed by atoms with Gasteiger partial charge in [-0.15, -0.1) is 0 Å². The van der Waals surface area contributed by atoms with Crippen molar-refractivity contribution in [1.82, 2.24) is 9.88 Å². The Morgan fingerprint density at radius 2 is 1.81 bits per heavy atom. The fourth-order valence-electron chi connectivity index (χ4n) is 3.36. The molecule has 1 aliphatic rings. The number of hydrogen-bond acceptors (Lipinski definition) is 7. The van der Waals surface area contributed by atoms with E-state index < -0.39 is 0 Å². The molecule has 1 aliphatic heterocycles. The number of ether oxygens (including phenoxy) is 3. The Bertz CT molecular complexity index is 1080. The molecule has 2 aromatic carbocycles. The summed E-state index contributed by atoms with van der Waals surface area (Å²) in [4.78, 5) is 27.7. The van der Waals surface area contributed by atoms with Crippen LogP contribution in [-0.4, -0.2) is 53.5 Å². The first-order valence-corrected chi connectivity index (χ1v) is 11.1. The van der Waals surface area contributed by atoms with Gasteiger partial charge in [-0.3, -0.25) is 9.78 Å². The molecule has 0 aliphatic carbocycles. The first kappa shape index (κ1) is 21.8. The highest BCUT2D eigenvalue weighted by Crippen LogP contribution is 2.22. The van der Waals surface area contributed by atoms with Crippen LogP contribution in [0.2, 0.25) is 0 Å². The molecule has 32 heavy (non-hydrogen) atoms. The number of benzene rings is 2. The van der Waals surface area contributed by atoms with Crippen LogP contribution in [-0.2, 0) is 11.2 Å². The second-order valence-corrected chi connectivity index (χ2v) is 8.45. The van der Waals surface area contributed by atoms with Gasteiger partial charge in [-0.05, 0) is 36.2 Å². The molecule has 8 nitrogen and oxygen atoms in total. The zero-order chi connectivity index (χ0) is 22.3. The summed E-state index contributed by atoms with van der Waals surface area (Å²) in [5.74, 6) is 1.40. The summed E-state index contributed by atoms with van der Waals surface area (Å²) in [6.07, 6.45) is 0.538. The van der Waals surface area contributed by atoms with Gasteiger partial charge in [0.2, 0.25) is 5.88 Å². The van der Waals surface area contributed by atoms with Crippen LogP contribution in [0.3, 0.4) is 0 Å². The molecule has 1 atom stereocenters. The third-order valence-electron chi connectivity index (χ3n) is 4.96. The lowest BCUT2D eigenvalue weighted by molar-refractivity contribution is 0.102. The lowest BCUT2D eigenvalue weighted by Crippen LogP contribution is -2.28. The highest BCUT2D eigenvalue weighted by Gasteiger charge is 2.31. The van der Waals surface area contributed by atoms with E-state index in [4.69, 9.17) is 14.2 Å². The Morgan fingerprint density at radius 3 is 2.53 bits per heavy atom. The van der Waals surface area contributed by atoms with E-state index in [0.717, 1.165) is 28.4 Å². The van der Waals surface area contributed by atoms with Gasteiger partial charge in [0.05, 0.1) is 18.0 Å². The first-order chi connectivity index (χ1) is 15.6. The van der Waals surface area contributed by atoms with Crippen molar-refractivity contribution in [2.75, 3.05) is 26.3 Å². The monoisotopic (exact) mass is 456 g/mol. The van der Waals surface area contributed by atoms with E-state index in [1.165, 1.54) is 0 Å². The van der Waals surface area contributed by atoms with Crippen molar-refractivity contribution in [1.29, 1.82) is 0 Å². The normalized spacial score (nSPS) is 15.6. The van der Waals surface area contributed by atoms with Gasteiger partial charge in [-0.25, -0.2) is 4.79 Å². The predicted octanol–water partition coefficient (Wildman–Crippen LogP) is 3.40. The van der Waals surface area contributed by atoms with Crippen LogP contribution in [0, 0.1) is 0 Å². The van der Waals surface area contributed by atoms with Gasteiger partial charge in [0, 0.05) is 13.0 Å². The number of carbonyl (C=O) groups excluding carboxylic acids is 1. The number of hydrogen-bond donors (Lipinski definition) is 2. The Labute approximate surface area is 189 Å². The number of amides is 1. The number of nitrogens with one attached hydrogen (secondary N) is 1. The van der Waals surface area contributed by atoms with Crippen molar-refractivity contribution in [3.8, 4) is 17.4 Å². The van der Waals surface area contributed by atoms with E-state index in [9.17, 15) is 14.7 Å². The van der Waals surface area contributed by atoms with Crippen molar-refractivity contribution in [2.24, 2.45) is 0 Å². The third kappa shape index (κ3) is 5.82. The zero-order valence-electron chi connectivity index (χ0n) is 17.4. The van der Waals surface area contributed by atoms with Gasteiger partial charge in [-0.1, -0.05) is 41.7 Å². The minimum atomic E-state index is -0.327. The minimum absolute atomic E-state index is 0.0744. The molecule has 0 spiro atoms. The van der Waals surface area contributed by atoms with Crippen LogP contribution in [0.4, 0.5) is 4.79 Å². The van der Waals surface area contributed by atoms with Gasteiger partial charge in [0.15, 0.2) is 6.10 Å². The summed E-state index contributed by atoms with van der Waals surface area (Å²) >= 11 is 1.00. The largest absolute Gasteiger partial charge is 0.494 e. The van der Waals surface area contributed by atoms with Gasteiger partial charge >= 0.3 is 11.0 Å². The zero-order valence-corrected chi connectivity index (χ0v) is 18.2. The number of cyclic esters (lactones) is 1. The molecule has 2 N–H and O–H groups in total. The van der Waals surface area contributed by atoms with Gasteiger partial charge in [0.1, 0.15) is 18.1 Å². The standard InChI is InChI=1S/C23H24N2O6S/c26-21-20(32-22(27)24-21)13-16-7-9-18(10-8-16)29-12-4-11-25-14-19(31-23(25)28)15-30-17-5-2-1-3-6-17/h1-3,5-10,19,26H,4,11-15H2,(H,24,27). The number of aromatic hydroxyl groups is 1. The number of aromatic nitrogens is 1. The minimum Gasteiger partial charge on any atom is -0.494 e. The van der Waals surface area contributed by atoms with E-state index in [0.29, 0.717) is 44.0 Å². The maximum absolute atomic E-state index is 12.0.